The third-order valence-electron chi connectivity index (χ3n) is 3.56. The second-order valence-electron chi connectivity index (χ2n) is 5.27. The van der Waals surface area contributed by atoms with Gasteiger partial charge < -0.3 is 0 Å². The first kappa shape index (κ1) is 19.1. The Bertz CT molecular complexity index is 637. The summed E-state index contributed by atoms with van der Waals surface area (Å²) in [4.78, 5) is 9.62. The second-order valence-corrected chi connectivity index (χ2v) is 14.1. The van der Waals surface area contributed by atoms with Crippen molar-refractivity contribution in [2.75, 3.05) is 0 Å². The zero-order chi connectivity index (χ0) is 17.2. The minimum atomic E-state index is -2.14. The molecule has 0 spiro atoms. The van der Waals surface area contributed by atoms with E-state index >= 15 is 0 Å². The van der Waals surface area contributed by atoms with Crippen LogP contribution in [0.5, 0.6) is 0 Å². The minimum absolute atomic E-state index is 0.188. The topological polar surface area (TPSA) is 26.3 Å². The van der Waals surface area contributed by atoms with E-state index in [-0.39, 0.29) is 5.97 Å². The third-order valence-corrected chi connectivity index (χ3v) is 13.5. The van der Waals surface area contributed by atoms with Crippen molar-refractivity contribution in [2.24, 2.45) is 0 Å². The van der Waals surface area contributed by atoms with Crippen LogP contribution < -0.4 is 10.7 Å². The van der Waals surface area contributed by atoms with Crippen LogP contribution in [0.1, 0.15) is 6.92 Å². The molecule has 0 amide bonds. The molecule has 24 heavy (non-hydrogen) atoms. The van der Waals surface area contributed by atoms with Crippen LogP contribution in [0.25, 0.3) is 0 Å². The SMILES string of the molecule is CC(=O)[O][SnH].c1cc[c]([SnH]([c]2ccccc2)[c]2ccccc2)cc1. The predicted molar refractivity (Wildman–Crippen MR) is 104 cm³/mol. The van der Waals surface area contributed by atoms with E-state index in [0.29, 0.717) is 22.9 Å². The van der Waals surface area contributed by atoms with E-state index in [1.54, 1.807) is 10.7 Å². The molecule has 3 aromatic rings. The van der Waals surface area contributed by atoms with Gasteiger partial charge in [-0.25, -0.2) is 0 Å². The number of carbonyl (C=O) groups excluding carboxylic acids is 1. The van der Waals surface area contributed by atoms with Gasteiger partial charge >= 0.3 is 165 Å². The Morgan fingerprint density at radius 1 is 0.708 bits per heavy atom. The van der Waals surface area contributed by atoms with Gasteiger partial charge in [0.15, 0.2) is 0 Å². The maximum atomic E-state index is 9.62. The molecule has 0 heterocycles. The van der Waals surface area contributed by atoms with Crippen LogP contribution in [-0.4, -0.2) is 48.7 Å². The average molecular weight is 530 g/mol. The summed E-state index contributed by atoms with van der Waals surface area (Å²) in [5.41, 5.74) is 0. The van der Waals surface area contributed by atoms with Crippen LogP contribution in [0.2, 0.25) is 0 Å². The first-order valence-electron chi connectivity index (χ1n) is 7.74. The molecule has 0 N–H and O–H groups in total. The van der Waals surface area contributed by atoms with Gasteiger partial charge in [-0.3, -0.25) is 0 Å². The number of carbonyl (C=O) groups is 1. The van der Waals surface area contributed by atoms with Crippen molar-refractivity contribution in [1.82, 2.24) is 0 Å². The zero-order valence-corrected chi connectivity index (χ0v) is 20.2. The van der Waals surface area contributed by atoms with Crippen LogP contribution >= 0.6 is 0 Å². The van der Waals surface area contributed by atoms with E-state index in [1.165, 1.54) is 6.92 Å². The molecule has 0 saturated carbocycles. The number of rotatable bonds is 3. The van der Waals surface area contributed by atoms with Gasteiger partial charge in [-0.15, -0.1) is 0 Å². The van der Waals surface area contributed by atoms with Crippen molar-refractivity contribution in [1.29, 1.82) is 0 Å². The fraction of sp³-hybridized carbons (Fsp3) is 0.0500. The summed E-state index contributed by atoms with van der Waals surface area (Å²) in [5.74, 6) is -0.188. The summed E-state index contributed by atoms with van der Waals surface area (Å²) in [6.07, 6.45) is 0. The van der Waals surface area contributed by atoms with Gasteiger partial charge in [0.1, 0.15) is 0 Å². The molecular weight excluding hydrogens is 510 g/mol. The summed E-state index contributed by atoms with van der Waals surface area (Å²) in [6.45, 7) is 1.39. The molecule has 0 aliphatic heterocycles. The van der Waals surface area contributed by atoms with E-state index in [9.17, 15) is 4.79 Å². The third kappa shape index (κ3) is 5.98. The molecule has 3 rings (SSSR count). The summed E-state index contributed by atoms with van der Waals surface area (Å²) >= 11 is -1.56. The molecule has 0 bridgehead atoms. The maximum absolute atomic E-state index is 9.62. The Morgan fingerprint density at radius 3 is 1.17 bits per heavy atom. The van der Waals surface area contributed by atoms with Crippen molar-refractivity contribution >= 4 is 59.4 Å². The van der Waals surface area contributed by atoms with Gasteiger partial charge in [0.25, 0.3) is 0 Å². The average Bonchev–Trinajstić information content (AvgIpc) is 2.65. The van der Waals surface area contributed by atoms with Crippen molar-refractivity contribution in [3.8, 4) is 0 Å². The monoisotopic (exact) mass is 532 g/mol. The zero-order valence-electron chi connectivity index (χ0n) is 13.6. The Balaban J connectivity index is 0.000000368. The molecule has 120 valence electrons. The molecule has 0 fully saturated rings. The van der Waals surface area contributed by atoms with E-state index in [4.69, 9.17) is 0 Å². The Hall–Kier alpha value is -1.27. The normalized spacial score (nSPS) is 9.79. The van der Waals surface area contributed by atoms with Crippen LogP contribution in [0, 0.1) is 0 Å². The Kier molecular flexibility index (Phi) is 8.39. The van der Waals surface area contributed by atoms with E-state index < -0.39 is 19.8 Å². The molecule has 0 saturated heterocycles. The predicted octanol–water partition coefficient (Wildman–Crippen LogP) is 1.30. The van der Waals surface area contributed by atoms with Gasteiger partial charge in [0, 0.05) is 0 Å². The van der Waals surface area contributed by atoms with Gasteiger partial charge in [0.2, 0.25) is 0 Å². The molecular formula is C20H20O2Sn2. The van der Waals surface area contributed by atoms with Gasteiger partial charge in [-0.05, 0) is 0 Å². The number of benzene rings is 3. The summed E-state index contributed by atoms with van der Waals surface area (Å²) in [5, 5.41) is 0. The number of hydrogen-bond acceptors (Lipinski definition) is 2. The molecule has 2 radical (unpaired) electrons. The van der Waals surface area contributed by atoms with Crippen molar-refractivity contribution in [2.45, 2.75) is 6.92 Å². The van der Waals surface area contributed by atoms with Crippen molar-refractivity contribution in [3.63, 3.8) is 0 Å². The van der Waals surface area contributed by atoms with Crippen LogP contribution in [-0.2, 0) is 7.87 Å². The van der Waals surface area contributed by atoms with E-state index in [2.05, 4.69) is 94.1 Å². The molecule has 0 unspecified atom stereocenters. The van der Waals surface area contributed by atoms with Gasteiger partial charge in [0.05, 0.1) is 0 Å². The summed E-state index contributed by atoms with van der Waals surface area (Å²) < 4.78 is 8.87. The fourth-order valence-corrected chi connectivity index (χ4v) is 11.0. The number of hydrogen-bond donors (Lipinski definition) is 0. The second kappa shape index (κ2) is 10.6. The van der Waals surface area contributed by atoms with Crippen LogP contribution in [0.4, 0.5) is 0 Å². The first-order chi connectivity index (χ1) is 11.7. The molecule has 2 nitrogen and oxygen atoms in total. The molecule has 0 aliphatic carbocycles. The van der Waals surface area contributed by atoms with Gasteiger partial charge in [-0.2, -0.15) is 0 Å². The van der Waals surface area contributed by atoms with Crippen molar-refractivity contribution < 1.29 is 7.87 Å². The molecule has 0 aliphatic rings. The molecule has 4 heteroatoms. The quantitative estimate of drug-likeness (QED) is 0.479. The Morgan fingerprint density at radius 2 is 0.958 bits per heavy atom. The molecule has 3 aromatic carbocycles. The fourth-order valence-electron chi connectivity index (χ4n) is 2.51. The molecule has 0 atom stereocenters. The standard InChI is InChI=1S/3C6H5.C2H4O2.2Sn.2H/c3*1-2-4-6-5-3-1;1-2(3)4;;;;/h3*1-5H;1H3,(H,3,4);;;;/q;;;;;+1;;/p-1. The summed E-state index contributed by atoms with van der Waals surface area (Å²) in [7, 11) is 0. The van der Waals surface area contributed by atoms with Crippen molar-refractivity contribution in [3.05, 3.63) is 91.0 Å². The van der Waals surface area contributed by atoms with Crippen LogP contribution in [0.15, 0.2) is 91.0 Å². The van der Waals surface area contributed by atoms with Crippen LogP contribution in [0.3, 0.4) is 0 Å². The van der Waals surface area contributed by atoms with E-state index in [1.807, 2.05) is 0 Å². The first-order valence-corrected chi connectivity index (χ1v) is 14.0. The molecule has 0 aromatic heterocycles. The van der Waals surface area contributed by atoms with Gasteiger partial charge in [-0.1, -0.05) is 0 Å². The Labute approximate surface area is 164 Å². The summed E-state index contributed by atoms with van der Waals surface area (Å²) in [6, 6.07) is 33.0. The van der Waals surface area contributed by atoms with E-state index in [0.717, 1.165) is 0 Å².